The van der Waals surface area contributed by atoms with Gasteiger partial charge in [0.05, 0.1) is 0 Å². The molecule has 0 saturated heterocycles. The van der Waals surface area contributed by atoms with Gasteiger partial charge in [-0.25, -0.2) is 0 Å². The molecule has 104 valence electrons. The Morgan fingerprint density at radius 2 is 1.75 bits per heavy atom. The van der Waals surface area contributed by atoms with Gasteiger partial charge in [0, 0.05) is 18.2 Å². The average molecular weight is 267 g/mol. The zero-order valence-electron chi connectivity index (χ0n) is 11.8. The van der Waals surface area contributed by atoms with E-state index in [9.17, 15) is 5.11 Å². The van der Waals surface area contributed by atoms with Crippen molar-refractivity contribution in [2.24, 2.45) is 0 Å². The second-order valence-electron chi connectivity index (χ2n) is 5.79. The normalized spacial score (nSPS) is 21.4. The summed E-state index contributed by atoms with van der Waals surface area (Å²) < 4.78 is 0. The van der Waals surface area contributed by atoms with Crippen molar-refractivity contribution in [3.05, 3.63) is 65.2 Å². The van der Waals surface area contributed by atoms with Crippen LogP contribution in [-0.4, -0.2) is 11.1 Å². The highest BCUT2D eigenvalue weighted by Gasteiger charge is 2.29. The molecule has 0 atom stereocenters. The number of phenolic OH excluding ortho intramolecular Hbond substituents is 1. The van der Waals surface area contributed by atoms with Crippen LogP contribution in [0, 0.1) is 6.92 Å². The third-order valence-corrected chi connectivity index (χ3v) is 4.26. The number of aryl methyl sites for hydroxylation is 1. The minimum Gasteiger partial charge on any atom is -0.508 e. The predicted molar refractivity (Wildman–Crippen MR) is 81.9 cm³/mol. The zero-order valence-corrected chi connectivity index (χ0v) is 11.8. The van der Waals surface area contributed by atoms with E-state index in [0.717, 1.165) is 12.1 Å². The Bertz CT molecular complexity index is 570. The van der Waals surface area contributed by atoms with E-state index in [1.807, 2.05) is 18.2 Å². The molecule has 0 heterocycles. The second kappa shape index (κ2) is 5.68. The first-order chi connectivity index (χ1) is 9.72. The molecular weight excluding hydrogens is 246 g/mol. The molecule has 2 N–H and O–H groups in total. The summed E-state index contributed by atoms with van der Waals surface area (Å²) in [5.74, 6) is 1.08. The fraction of sp³-hybridized carbons (Fsp3) is 0.333. The van der Waals surface area contributed by atoms with Crippen molar-refractivity contribution in [1.82, 2.24) is 5.32 Å². The lowest BCUT2D eigenvalue weighted by molar-refractivity contribution is 0.288. The molecule has 0 radical (unpaired) electrons. The van der Waals surface area contributed by atoms with E-state index in [0.29, 0.717) is 17.7 Å². The van der Waals surface area contributed by atoms with Crippen LogP contribution in [0.3, 0.4) is 0 Å². The summed E-state index contributed by atoms with van der Waals surface area (Å²) in [6.07, 6.45) is 2.38. The molecule has 0 amide bonds. The Balaban J connectivity index is 1.49. The lowest BCUT2D eigenvalue weighted by atomic mass is 9.75. The van der Waals surface area contributed by atoms with Gasteiger partial charge < -0.3 is 10.4 Å². The average Bonchev–Trinajstić information content (AvgIpc) is 2.41. The zero-order chi connectivity index (χ0) is 13.9. The maximum absolute atomic E-state index is 9.73. The first-order valence-corrected chi connectivity index (χ1v) is 7.29. The standard InChI is InChI=1S/C18H21NO/c1-13-6-8-14(9-7-13)16-10-17(11-16)19-12-15-4-2-3-5-18(15)20/h2-9,16-17,19-20H,10-12H2,1H3. The number of aromatic hydroxyl groups is 1. The van der Waals surface area contributed by atoms with Crippen molar-refractivity contribution in [2.45, 2.75) is 38.3 Å². The van der Waals surface area contributed by atoms with Gasteiger partial charge in [-0.15, -0.1) is 0 Å². The summed E-state index contributed by atoms with van der Waals surface area (Å²) in [4.78, 5) is 0. The highest BCUT2D eigenvalue weighted by Crippen LogP contribution is 2.37. The molecular formula is C18H21NO. The molecule has 0 spiro atoms. The van der Waals surface area contributed by atoms with Crippen molar-refractivity contribution in [2.75, 3.05) is 0 Å². The van der Waals surface area contributed by atoms with Gasteiger partial charge in [-0.3, -0.25) is 0 Å². The number of rotatable bonds is 4. The largest absolute Gasteiger partial charge is 0.508 e. The highest BCUT2D eigenvalue weighted by atomic mass is 16.3. The third kappa shape index (κ3) is 2.86. The Kier molecular flexibility index (Phi) is 3.75. The summed E-state index contributed by atoms with van der Waals surface area (Å²) in [6.45, 7) is 2.87. The van der Waals surface area contributed by atoms with Crippen LogP contribution in [0.4, 0.5) is 0 Å². The maximum Gasteiger partial charge on any atom is 0.120 e. The first kappa shape index (κ1) is 13.2. The van der Waals surface area contributed by atoms with Gasteiger partial charge in [0.25, 0.3) is 0 Å². The van der Waals surface area contributed by atoms with Crippen LogP contribution in [0.2, 0.25) is 0 Å². The van der Waals surface area contributed by atoms with Crippen molar-refractivity contribution < 1.29 is 5.11 Å². The van der Waals surface area contributed by atoms with Gasteiger partial charge in [-0.1, -0.05) is 48.0 Å². The van der Waals surface area contributed by atoms with E-state index in [1.54, 1.807) is 6.07 Å². The molecule has 1 saturated carbocycles. The van der Waals surface area contributed by atoms with E-state index < -0.39 is 0 Å². The van der Waals surface area contributed by atoms with Gasteiger partial charge in [-0.05, 0) is 37.3 Å². The van der Waals surface area contributed by atoms with Crippen LogP contribution < -0.4 is 5.32 Å². The van der Waals surface area contributed by atoms with Gasteiger partial charge in [-0.2, -0.15) is 0 Å². The van der Waals surface area contributed by atoms with Crippen LogP contribution in [0.1, 0.15) is 35.4 Å². The SMILES string of the molecule is Cc1ccc(C2CC(NCc3ccccc3O)C2)cc1. The number of phenols is 1. The molecule has 2 heteroatoms. The Labute approximate surface area is 120 Å². The topological polar surface area (TPSA) is 32.3 Å². The molecule has 2 nitrogen and oxygen atoms in total. The lowest BCUT2D eigenvalue weighted by Gasteiger charge is -2.36. The van der Waals surface area contributed by atoms with E-state index in [1.165, 1.54) is 24.0 Å². The van der Waals surface area contributed by atoms with Gasteiger partial charge >= 0.3 is 0 Å². The molecule has 3 rings (SSSR count). The van der Waals surface area contributed by atoms with Crippen LogP contribution in [-0.2, 0) is 6.54 Å². The molecule has 0 bridgehead atoms. The monoisotopic (exact) mass is 267 g/mol. The molecule has 1 aliphatic carbocycles. The molecule has 0 unspecified atom stereocenters. The minimum absolute atomic E-state index is 0.384. The first-order valence-electron chi connectivity index (χ1n) is 7.29. The van der Waals surface area contributed by atoms with Gasteiger partial charge in [0.2, 0.25) is 0 Å². The van der Waals surface area contributed by atoms with E-state index >= 15 is 0 Å². The van der Waals surface area contributed by atoms with Crippen LogP contribution in [0.15, 0.2) is 48.5 Å². The number of hydrogen-bond acceptors (Lipinski definition) is 2. The predicted octanol–water partition coefficient (Wildman–Crippen LogP) is 3.74. The van der Waals surface area contributed by atoms with Crippen molar-refractivity contribution >= 4 is 0 Å². The molecule has 0 aromatic heterocycles. The van der Waals surface area contributed by atoms with Crippen LogP contribution >= 0.6 is 0 Å². The lowest BCUT2D eigenvalue weighted by Crippen LogP contribution is -2.39. The molecule has 1 fully saturated rings. The molecule has 2 aromatic carbocycles. The number of nitrogens with one attached hydrogen (secondary N) is 1. The summed E-state index contributed by atoms with van der Waals surface area (Å²) in [7, 11) is 0. The Hall–Kier alpha value is -1.80. The van der Waals surface area contributed by atoms with Gasteiger partial charge in [0.15, 0.2) is 0 Å². The van der Waals surface area contributed by atoms with Crippen molar-refractivity contribution in [3.63, 3.8) is 0 Å². The summed E-state index contributed by atoms with van der Waals surface area (Å²) >= 11 is 0. The fourth-order valence-electron chi connectivity index (χ4n) is 2.81. The highest BCUT2D eigenvalue weighted by molar-refractivity contribution is 5.32. The quantitative estimate of drug-likeness (QED) is 0.884. The Morgan fingerprint density at radius 3 is 2.45 bits per heavy atom. The molecule has 1 aliphatic rings. The van der Waals surface area contributed by atoms with Crippen LogP contribution in [0.5, 0.6) is 5.75 Å². The summed E-state index contributed by atoms with van der Waals surface area (Å²) in [5.41, 5.74) is 3.75. The molecule has 2 aromatic rings. The third-order valence-electron chi connectivity index (χ3n) is 4.26. The van der Waals surface area contributed by atoms with Crippen LogP contribution in [0.25, 0.3) is 0 Å². The summed E-state index contributed by atoms with van der Waals surface area (Å²) in [6, 6.07) is 17.0. The van der Waals surface area contributed by atoms with E-state index in [4.69, 9.17) is 0 Å². The molecule has 20 heavy (non-hydrogen) atoms. The van der Waals surface area contributed by atoms with E-state index in [2.05, 4.69) is 36.5 Å². The fourth-order valence-corrected chi connectivity index (χ4v) is 2.81. The van der Waals surface area contributed by atoms with Gasteiger partial charge in [0.1, 0.15) is 5.75 Å². The second-order valence-corrected chi connectivity index (χ2v) is 5.79. The maximum atomic E-state index is 9.73. The Morgan fingerprint density at radius 1 is 1.05 bits per heavy atom. The van der Waals surface area contributed by atoms with E-state index in [-0.39, 0.29) is 0 Å². The van der Waals surface area contributed by atoms with Crippen molar-refractivity contribution in [1.29, 1.82) is 0 Å². The van der Waals surface area contributed by atoms with Crippen molar-refractivity contribution in [3.8, 4) is 5.75 Å². The minimum atomic E-state index is 0.384. The molecule has 0 aliphatic heterocycles. The summed E-state index contributed by atoms with van der Waals surface area (Å²) in [5, 5.41) is 13.3. The number of hydrogen-bond donors (Lipinski definition) is 2. The number of benzene rings is 2. The number of para-hydroxylation sites is 1. The smallest absolute Gasteiger partial charge is 0.120 e.